The van der Waals surface area contributed by atoms with Crippen molar-refractivity contribution in [1.82, 2.24) is 14.6 Å². The molecule has 0 saturated heterocycles. The van der Waals surface area contributed by atoms with Crippen molar-refractivity contribution in [3.8, 4) is 33.8 Å². The predicted octanol–water partition coefficient (Wildman–Crippen LogP) is 11.5. The molecule has 3 aromatic heterocycles. The predicted molar refractivity (Wildman–Crippen MR) is 199 cm³/mol. The van der Waals surface area contributed by atoms with Gasteiger partial charge >= 0.3 is 0 Å². The Hall–Kier alpha value is -6.52. The van der Waals surface area contributed by atoms with Gasteiger partial charge in [0.1, 0.15) is 5.69 Å². The number of hydrogen-bond donors (Lipinski definition) is 0. The average molecular weight is 615 g/mol. The molecule has 0 amide bonds. The number of hydrogen-bond acceptors (Lipinski definition) is 3. The third kappa shape index (κ3) is 4.70. The van der Waals surface area contributed by atoms with Gasteiger partial charge in [-0.15, -0.1) is 0 Å². The zero-order valence-electron chi connectivity index (χ0n) is 26.1. The highest BCUT2D eigenvalue weighted by molar-refractivity contribution is 6.08. The molecular weight excluding hydrogens is 585 g/mol. The van der Waals surface area contributed by atoms with Crippen molar-refractivity contribution in [2.24, 2.45) is 0 Å². The molecule has 0 radical (unpaired) electrons. The van der Waals surface area contributed by atoms with Gasteiger partial charge in [0.15, 0.2) is 0 Å². The minimum atomic E-state index is 0.880. The van der Waals surface area contributed by atoms with Crippen LogP contribution in [0.2, 0.25) is 0 Å². The molecular formula is C44H30N4. The van der Waals surface area contributed by atoms with Crippen LogP contribution in [0.4, 0.5) is 17.1 Å². The SMILES string of the molecule is c1ccc(-c2c(-c3ccc(N(c4ccccc4)c4cccc5ccccc45)cc3)nn3c(-c4ccccn4)cc4ccccc4c23)cc1. The molecule has 9 rings (SSSR count). The van der Waals surface area contributed by atoms with Gasteiger partial charge in [-0.25, -0.2) is 4.52 Å². The van der Waals surface area contributed by atoms with E-state index in [1.165, 1.54) is 10.8 Å². The second kappa shape index (κ2) is 11.7. The first kappa shape index (κ1) is 27.8. The number of fused-ring (bicyclic) bond motifs is 4. The van der Waals surface area contributed by atoms with E-state index in [1.54, 1.807) is 0 Å². The minimum absolute atomic E-state index is 0.880. The Kier molecular flexibility index (Phi) is 6.76. The third-order valence-corrected chi connectivity index (χ3v) is 9.03. The summed E-state index contributed by atoms with van der Waals surface area (Å²) in [6.07, 6.45) is 1.84. The highest BCUT2D eigenvalue weighted by Crippen LogP contribution is 2.43. The van der Waals surface area contributed by atoms with Crippen LogP contribution >= 0.6 is 0 Å². The maximum absolute atomic E-state index is 5.38. The molecule has 4 heteroatoms. The van der Waals surface area contributed by atoms with Gasteiger partial charge in [0.25, 0.3) is 0 Å². The fraction of sp³-hybridized carbons (Fsp3) is 0. The van der Waals surface area contributed by atoms with Gasteiger partial charge in [-0.2, -0.15) is 5.10 Å². The lowest BCUT2D eigenvalue weighted by atomic mass is 9.97. The van der Waals surface area contributed by atoms with E-state index >= 15 is 0 Å². The Morgan fingerprint density at radius 1 is 0.479 bits per heavy atom. The maximum atomic E-state index is 5.38. The van der Waals surface area contributed by atoms with E-state index in [4.69, 9.17) is 10.1 Å². The Morgan fingerprint density at radius 3 is 1.90 bits per heavy atom. The van der Waals surface area contributed by atoms with Gasteiger partial charge in [-0.3, -0.25) is 4.98 Å². The Balaban J connectivity index is 1.27. The summed E-state index contributed by atoms with van der Waals surface area (Å²) in [6, 6.07) is 61.8. The number of para-hydroxylation sites is 1. The van der Waals surface area contributed by atoms with Crippen LogP contribution in [0.25, 0.3) is 60.8 Å². The van der Waals surface area contributed by atoms with Crippen molar-refractivity contribution in [2.45, 2.75) is 0 Å². The molecule has 48 heavy (non-hydrogen) atoms. The second-order valence-corrected chi connectivity index (χ2v) is 11.9. The molecule has 0 fully saturated rings. The van der Waals surface area contributed by atoms with Gasteiger partial charge in [-0.1, -0.05) is 127 Å². The van der Waals surface area contributed by atoms with Crippen molar-refractivity contribution >= 4 is 44.1 Å². The van der Waals surface area contributed by atoms with Crippen LogP contribution in [0, 0.1) is 0 Å². The lowest BCUT2D eigenvalue weighted by Crippen LogP contribution is -2.10. The summed E-state index contributed by atoms with van der Waals surface area (Å²) >= 11 is 0. The van der Waals surface area contributed by atoms with Crippen molar-refractivity contribution in [3.05, 3.63) is 182 Å². The zero-order valence-corrected chi connectivity index (χ0v) is 26.1. The molecule has 0 aliphatic heterocycles. The Morgan fingerprint density at radius 2 is 1.12 bits per heavy atom. The van der Waals surface area contributed by atoms with Crippen LogP contribution in [-0.4, -0.2) is 14.6 Å². The highest BCUT2D eigenvalue weighted by Gasteiger charge is 2.22. The van der Waals surface area contributed by atoms with Gasteiger partial charge in [0, 0.05) is 39.5 Å². The van der Waals surface area contributed by atoms with Gasteiger partial charge < -0.3 is 4.90 Å². The molecule has 0 unspecified atom stereocenters. The lowest BCUT2D eigenvalue weighted by molar-refractivity contribution is 0.972. The number of nitrogens with zero attached hydrogens (tertiary/aromatic N) is 4. The highest BCUT2D eigenvalue weighted by atomic mass is 15.2. The summed E-state index contributed by atoms with van der Waals surface area (Å²) in [6.45, 7) is 0. The first-order chi connectivity index (χ1) is 23.8. The van der Waals surface area contributed by atoms with Crippen LogP contribution in [0.1, 0.15) is 0 Å². The Bertz CT molecular complexity index is 2530. The zero-order chi connectivity index (χ0) is 31.9. The summed E-state index contributed by atoms with van der Waals surface area (Å²) in [4.78, 5) is 7.07. The largest absolute Gasteiger partial charge is 0.310 e. The summed E-state index contributed by atoms with van der Waals surface area (Å²) in [5.41, 5.74) is 10.4. The van der Waals surface area contributed by atoms with Crippen LogP contribution in [0.5, 0.6) is 0 Å². The molecule has 0 bridgehead atoms. The van der Waals surface area contributed by atoms with E-state index in [9.17, 15) is 0 Å². The number of pyridine rings is 2. The first-order valence-electron chi connectivity index (χ1n) is 16.2. The van der Waals surface area contributed by atoms with E-state index < -0.39 is 0 Å². The number of benzene rings is 6. The van der Waals surface area contributed by atoms with E-state index in [1.807, 2.05) is 24.4 Å². The van der Waals surface area contributed by atoms with Gasteiger partial charge in [0.2, 0.25) is 0 Å². The summed E-state index contributed by atoms with van der Waals surface area (Å²) < 4.78 is 2.09. The normalized spacial score (nSPS) is 11.3. The number of rotatable bonds is 6. The van der Waals surface area contributed by atoms with Crippen molar-refractivity contribution < 1.29 is 0 Å². The maximum Gasteiger partial charge on any atom is 0.101 e. The standard InChI is InChI=1S/C44H30N4/c1-3-15-32(16-4-1)42-43(46-48-41(39-23-11-12-29-45-39)30-34-17-8-10-22-38(34)44(42)48)33-25-27-36(28-26-33)47(35-19-5-2-6-20-35)40-24-13-18-31-14-7-9-21-37(31)40/h1-30H. The molecule has 6 aromatic carbocycles. The monoisotopic (exact) mass is 614 g/mol. The minimum Gasteiger partial charge on any atom is -0.310 e. The molecule has 0 N–H and O–H groups in total. The first-order valence-corrected chi connectivity index (χ1v) is 16.2. The third-order valence-electron chi connectivity index (χ3n) is 9.03. The Labute approximate surface area is 278 Å². The van der Waals surface area contributed by atoms with E-state index in [-0.39, 0.29) is 0 Å². The van der Waals surface area contributed by atoms with E-state index in [0.29, 0.717) is 0 Å². The van der Waals surface area contributed by atoms with Crippen molar-refractivity contribution in [3.63, 3.8) is 0 Å². The van der Waals surface area contributed by atoms with Gasteiger partial charge in [-0.05, 0) is 64.9 Å². The topological polar surface area (TPSA) is 33.4 Å². The molecule has 3 heterocycles. The molecule has 0 aliphatic carbocycles. The molecule has 9 aromatic rings. The molecule has 226 valence electrons. The quantitative estimate of drug-likeness (QED) is 0.187. The fourth-order valence-electron chi connectivity index (χ4n) is 6.84. The molecule has 0 atom stereocenters. The number of aromatic nitrogens is 3. The molecule has 0 spiro atoms. The van der Waals surface area contributed by atoms with E-state index in [0.717, 1.165) is 67.1 Å². The number of anilines is 3. The van der Waals surface area contributed by atoms with Gasteiger partial charge in [0.05, 0.1) is 22.6 Å². The van der Waals surface area contributed by atoms with Crippen LogP contribution in [0.3, 0.4) is 0 Å². The van der Waals surface area contributed by atoms with Crippen LogP contribution in [-0.2, 0) is 0 Å². The van der Waals surface area contributed by atoms with Crippen LogP contribution < -0.4 is 4.90 Å². The van der Waals surface area contributed by atoms with Crippen molar-refractivity contribution in [1.29, 1.82) is 0 Å². The molecule has 0 aliphatic rings. The second-order valence-electron chi connectivity index (χ2n) is 11.9. The summed E-state index contributed by atoms with van der Waals surface area (Å²) in [5.74, 6) is 0. The molecule has 0 saturated carbocycles. The summed E-state index contributed by atoms with van der Waals surface area (Å²) in [7, 11) is 0. The molecule has 4 nitrogen and oxygen atoms in total. The van der Waals surface area contributed by atoms with Crippen molar-refractivity contribution in [2.75, 3.05) is 4.90 Å². The summed E-state index contributed by atoms with van der Waals surface area (Å²) in [5, 5.41) is 10.1. The lowest BCUT2D eigenvalue weighted by Gasteiger charge is -2.27. The van der Waals surface area contributed by atoms with E-state index in [2.05, 4.69) is 167 Å². The fourth-order valence-corrected chi connectivity index (χ4v) is 6.84. The van der Waals surface area contributed by atoms with Crippen LogP contribution in [0.15, 0.2) is 182 Å². The smallest absolute Gasteiger partial charge is 0.101 e. The average Bonchev–Trinajstić information content (AvgIpc) is 3.57.